The number of hydrogen-bond acceptors (Lipinski definition) is 5. The molecular weight excluding hydrogens is 388 g/mol. The van der Waals surface area contributed by atoms with Crippen LogP contribution in [0.3, 0.4) is 0 Å². The predicted octanol–water partition coefficient (Wildman–Crippen LogP) is 3.84. The zero-order chi connectivity index (χ0) is 21.4. The molecule has 3 aromatic rings. The molecule has 1 fully saturated rings. The molecule has 2 aliphatic heterocycles. The van der Waals surface area contributed by atoms with Crippen LogP contribution in [0.25, 0.3) is 0 Å². The van der Waals surface area contributed by atoms with Crippen molar-refractivity contribution in [2.24, 2.45) is 0 Å². The maximum atomic E-state index is 13.6. The lowest BCUT2D eigenvalue weighted by atomic mass is 9.96. The third kappa shape index (κ3) is 3.58. The normalized spacial score (nSPS) is 18.5. The summed E-state index contributed by atoms with van der Waals surface area (Å²) >= 11 is 0. The first-order valence-electron chi connectivity index (χ1n) is 11.1. The van der Waals surface area contributed by atoms with Crippen LogP contribution < -0.4 is 9.80 Å². The summed E-state index contributed by atoms with van der Waals surface area (Å²) in [6.07, 6.45) is 6.60. The minimum atomic E-state index is 0.0283. The zero-order valence-electron chi connectivity index (χ0n) is 18.1. The van der Waals surface area contributed by atoms with Gasteiger partial charge in [0.1, 0.15) is 18.0 Å². The Bertz CT molecular complexity index is 1090. The molecule has 1 atom stereocenters. The van der Waals surface area contributed by atoms with Gasteiger partial charge in [0.15, 0.2) is 0 Å². The number of carbonyl (C=O) groups is 1. The number of benzene rings is 1. The van der Waals surface area contributed by atoms with Crippen molar-refractivity contribution in [3.8, 4) is 0 Å². The lowest BCUT2D eigenvalue weighted by Gasteiger charge is -2.34. The molecule has 1 saturated heterocycles. The van der Waals surface area contributed by atoms with Crippen molar-refractivity contribution >= 4 is 17.4 Å². The summed E-state index contributed by atoms with van der Waals surface area (Å²) in [4.78, 5) is 22.4. The highest BCUT2D eigenvalue weighted by molar-refractivity contribution is 6.10. The molecule has 7 nitrogen and oxygen atoms in total. The van der Waals surface area contributed by atoms with Crippen molar-refractivity contribution < 1.29 is 4.79 Å². The van der Waals surface area contributed by atoms with E-state index in [0.717, 1.165) is 49.7 Å². The van der Waals surface area contributed by atoms with Crippen molar-refractivity contribution in [2.45, 2.75) is 45.1 Å². The van der Waals surface area contributed by atoms with Crippen LogP contribution >= 0.6 is 0 Å². The molecule has 160 valence electrons. The SMILES string of the molecule is CC(C)n1cnnc1C1CCCN(c2ncccc2C(=O)N2CCc3ccccc32)C1. The first kappa shape index (κ1) is 19.7. The fraction of sp³-hybridized carbons (Fsp3) is 0.417. The van der Waals surface area contributed by atoms with Gasteiger partial charge in [-0.2, -0.15) is 0 Å². The summed E-state index contributed by atoms with van der Waals surface area (Å²) in [6, 6.07) is 12.3. The molecule has 1 unspecified atom stereocenters. The van der Waals surface area contributed by atoms with Crippen LogP contribution in [0.4, 0.5) is 11.5 Å². The minimum Gasteiger partial charge on any atom is -0.355 e. The number of fused-ring (bicyclic) bond motifs is 1. The fourth-order valence-corrected chi connectivity index (χ4v) is 4.83. The van der Waals surface area contributed by atoms with Gasteiger partial charge in [0.05, 0.1) is 5.56 Å². The molecular formula is C24H28N6O. The van der Waals surface area contributed by atoms with E-state index in [-0.39, 0.29) is 11.8 Å². The summed E-state index contributed by atoms with van der Waals surface area (Å²) < 4.78 is 2.15. The highest BCUT2D eigenvalue weighted by Crippen LogP contribution is 2.33. The summed E-state index contributed by atoms with van der Waals surface area (Å²) in [7, 11) is 0. The predicted molar refractivity (Wildman–Crippen MR) is 121 cm³/mol. The number of aromatic nitrogens is 4. The Labute approximate surface area is 182 Å². The van der Waals surface area contributed by atoms with Crippen molar-refractivity contribution in [1.29, 1.82) is 0 Å². The smallest absolute Gasteiger partial charge is 0.262 e. The number of piperidine rings is 1. The van der Waals surface area contributed by atoms with Crippen LogP contribution in [-0.2, 0) is 6.42 Å². The number of nitrogens with zero attached hydrogens (tertiary/aromatic N) is 6. The highest BCUT2D eigenvalue weighted by Gasteiger charge is 2.31. The summed E-state index contributed by atoms with van der Waals surface area (Å²) in [5, 5.41) is 8.58. The number of hydrogen-bond donors (Lipinski definition) is 0. The minimum absolute atomic E-state index is 0.0283. The number of carbonyl (C=O) groups excluding carboxylic acids is 1. The number of amides is 1. The molecule has 0 spiro atoms. The largest absolute Gasteiger partial charge is 0.355 e. The molecule has 31 heavy (non-hydrogen) atoms. The van der Waals surface area contributed by atoms with E-state index in [4.69, 9.17) is 0 Å². The first-order valence-corrected chi connectivity index (χ1v) is 11.1. The zero-order valence-corrected chi connectivity index (χ0v) is 18.1. The van der Waals surface area contributed by atoms with Gasteiger partial charge in [-0.05, 0) is 56.9 Å². The Balaban J connectivity index is 1.43. The molecule has 0 bridgehead atoms. The number of pyridine rings is 1. The first-order chi connectivity index (χ1) is 15.1. The molecule has 0 N–H and O–H groups in total. The molecule has 7 heteroatoms. The summed E-state index contributed by atoms with van der Waals surface area (Å²) in [6.45, 7) is 6.69. The van der Waals surface area contributed by atoms with Gasteiger partial charge in [-0.15, -0.1) is 10.2 Å². The fourth-order valence-electron chi connectivity index (χ4n) is 4.83. The van der Waals surface area contributed by atoms with Gasteiger partial charge in [0.25, 0.3) is 5.91 Å². The molecule has 1 aromatic carbocycles. The van der Waals surface area contributed by atoms with Crippen LogP contribution in [0, 0.1) is 0 Å². The van der Waals surface area contributed by atoms with E-state index in [2.05, 4.69) is 44.6 Å². The van der Waals surface area contributed by atoms with Gasteiger partial charge in [-0.1, -0.05) is 18.2 Å². The van der Waals surface area contributed by atoms with E-state index in [0.29, 0.717) is 18.2 Å². The van der Waals surface area contributed by atoms with E-state index < -0.39 is 0 Å². The summed E-state index contributed by atoms with van der Waals surface area (Å²) in [5.41, 5.74) is 2.92. The van der Waals surface area contributed by atoms with E-state index in [1.807, 2.05) is 41.6 Å². The van der Waals surface area contributed by atoms with E-state index >= 15 is 0 Å². The number of anilines is 2. The lowest BCUT2D eigenvalue weighted by molar-refractivity contribution is 0.0989. The highest BCUT2D eigenvalue weighted by atomic mass is 16.2. The molecule has 2 aliphatic rings. The van der Waals surface area contributed by atoms with E-state index in [9.17, 15) is 4.79 Å². The van der Waals surface area contributed by atoms with Gasteiger partial charge in [0, 0.05) is 43.5 Å². The standard InChI is InChI=1S/C24H28N6O/c1-17(2)30-16-26-27-22(30)19-8-6-13-28(15-19)23-20(9-5-12-25-23)24(31)29-14-11-18-7-3-4-10-21(18)29/h3-5,7,9-10,12,16-17,19H,6,8,11,13-15H2,1-2H3. The average Bonchev–Trinajstić information content (AvgIpc) is 3.46. The second kappa shape index (κ2) is 8.13. The Morgan fingerprint density at radius 3 is 2.87 bits per heavy atom. The lowest BCUT2D eigenvalue weighted by Crippen LogP contribution is -2.38. The second-order valence-electron chi connectivity index (χ2n) is 8.69. The molecule has 0 radical (unpaired) electrons. The van der Waals surface area contributed by atoms with Crippen LogP contribution in [0.1, 0.15) is 60.4 Å². The van der Waals surface area contributed by atoms with Crippen molar-refractivity contribution in [1.82, 2.24) is 19.7 Å². The van der Waals surface area contributed by atoms with Gasteiger partial charge in [-0.25, -0.2) is 4.98 Å². The van der Waals surface area contributed by atoms with Crippen LogP contribution in [0.2, 0.25) is 0 Å². The van der Waals surface area contributed by atoms with Gasteiger partial charge in [-0.3, -0.25) is 4.79 Å². The average molecular weight is 417 g/mol. The topological polar surface area (TPSA) is 67.2 Å². The van der Waals surface area contributed by atoms with Crippen LogP contribution in [0.5, 0.6) is 0 Å². The van der Waals surface area contributed by atoms with Gasteiger partial charge >= 0.3 is 0 Å². The molecule has 0 aliphatic carbocycles. The molecule has 0 saturated carbocycles. The number of rotatable bonds is 4. The Hall–Kier alpha value is -3.22. The Kier molecular flexibility index (Phi) is 5.18. The third-order valence-electron chi connectivity index (χ3n) is 6.39. The second-order valence-corrected chi connectivity index (χ2v) is 8.69. The Morgan fingerprint density at radius 1 is 1.13 bits per heavy atom. The molecule has 4 heterocycles. The van der Waals surface area contributed by atoms with Gasteiger partial charge < -0.3 is 14.4 Å². The third-order valence-corrected chi connectivity index (χ3v) is 6.39. The van der Waals surface area contributed by atoms with Crippen LogP contribution in [-0.4, -0.2) is 45.3 Å². The molecule has 5 rings (SSSR count). The molecule has 2 aromatic heterocycles. The van der Waals surface area contributed by atoms with E-state index in [1.54, 1.807) is 6.20 Å². The van der Waals surface area contributed by atoms with E-state index in [1.165, 1.54) is 5.56 Å². The number of para-hydroxylation sites is 1. The van der Waals surface area contributed by atoms with Crippen LogP contribution in [0.15, 0.2) is 48.9 Å². The monoisotopic (exact) mass is 416 g/mol. The maximum absolute atomic E-state index is 13.6. The molecule has 1 amide bonds. The van der Waals surface area contributed by atoms with Gasteiger partial charge in [0.2, 0.25) is 0 Å². The quantitative estimate of drug-likeness (QED) is 0.646. The van der Waals surface area contributed by atoms with Crippen molar-refractivity contribution in [3.05, 3.63) is 65.9 Å². The Morgan fingerprint density at radius 2 is 2.00 bits per heavy atom. The van der Waals surface area contributed by atoms with Crippen molar-refractivity contribution in [3.63, 3.8) is 0 Å². The maximum Gasteiger partial charge on any atom is 0.262 e. The summed E-state index contributed by atoms with van der Waals surface area (Å²) in [5.74, 6) is 2.10. The van der Waals surface area contributed by atoms with Crippen molar-refractivity contribution in [2.75, 3.05) is 29.4 Å².